The van der Waals surface area contributed by atoms with Crippen LogP contribution in [0.4, 0.5) is 5.69 Å². The summed E-state index contributed by atoms with van der Waals surface area (Å²) in [6.07, 6.45) is 0.852. The number of anilines is 1. The minimum Gasteiger partial charge on any atom is -0.497 e. The van der Waals surface area contributed by atoms with Gasteiger partial charge in [-0.1, -0.05) is 42.5 Å². The Morgan fingerprint density at radius 2 is 1.52 bits per heavy atom. The quantitative estimate of drug-likeness (QED) is 0.513. The molecule has 0 unspecified atom stereocenters. The molecule has 5 nitrogen and oxygen atoms in total. The maximum atomic E-state index is 12.1. The van der Waals surface area contributed by atoms with Crippen LogP contribution in [0.5, 0.6) is 11.5 Å². The van der Waals surface area contributed by atoms with Gasteiger partial charge in [-0.15, -0.1) is 0 Å². The second kappa shape index (κ2) is 10.9. The molecule has 0 atom stereocenters. The zero-order valence-corrected chi connectivity index (χ0v) is 16.6. The summed E-state index contributed by atoms with van der Waals surface area (Å²) in [5, 5.41) is 6.05. The van der Waals surface area contributed by atoms with Crippen LogP contribution in [-0.2, 0) is 17.8 Å². The van der Waals surface area contributed by atoms with Gasteiger partial charge in [0, 0.05) is 5.69 Å². The van der Waals surface area contributed by atoms with Crippen LogP contribution < -0.4 is 20.1 Å². The van der Waals surface area contributed by atoms with Crippen molar-refractivity contribution in [1.29, 1.82) is 0 Å². The fourth-order valence-corrected chi connectivity index (χ4v) is 2.81. The van der Waals surface area contributed by atoms with Crippen LogP contribution in [0.15, 0.2) is 78.9 Å². The Labute approximate surface area is 171 Å². The lowest BCUT2D eigenvalue weighted by atomic mass is 10.1. The minimum absolute atomic E-state index is 0.0716. The lowest BCUT2D eigenvalue weighted by Gasteiger charge is -2.09. The van der Waals surface area contributed by atoms with Gasteiger partial charge in [-0.2, -0.15) is 0 Å². The van der Waals surface area contributed by atoms with Gasteiger partial charge < -0.3 is 20.1 Å². The number of rotatable bonds is 10. The average Bonchev–Trinajstić information content (AvgIpc) is 2.77. The first kappa shape index (κ1) is 20.4. The molecule has 29 heavy (non-hydrogen) atoms. The smallest absolute Gasteiger partial charge is 0.238 e. The molecule has 2 N–H and O–H groups in total. The average molecular weight is 390 g/mol. The highest BCUT2D eigenvalue weighted by Crippen LogP contribution is 2.17. The van der Waals surface area contributed by atoms with Crippen LogP contribution in [0.2, 0.25) is 0 Å². The molecular weight excluding hydrogens is 364 g/mol. The van der Waals surface area contributed by atoms with Crippen molar-refractivity contribution in [2.45, 2.75) is 13.0 Å². The lowest BCUT2D eigenvalue weighted by molar-refractivity contribution is -0.115. The van der Waals surface area contributed by atoms with Crippen molar-refractivity contribution >= 4 is 11.6 Å². The minimum atomic E-state index is -0.0716. The summed E-state index contributed by atoms with van der Waals surface area (Å²) >= 11 is 0. The van der Waals surface area contributed by atoms with Gasteiger partial charge in [-0.3, -0.25) is 4.79 Å². The van der Waals surface area contributed by atoms with E-state index in [1.165, 1.54) is 5.56 Å². The molecule has 0 aliphatic heterocycles. The van der Waals surface area contributed by atoms with Gasteiger partial charge in [0.25, 0.3) is 0 Å². The number of ether oxygens (including phenoxy) is 2. The van der Waals surface area contributed by atoms with Gasteiger partial charge in [0.05, 0.1) is 13.7 Å². The molecule has 5 heteroatoms. The molecule has 0 bridgehead atoms. The summed E-state index contributed by atoms with van der Waals surface area (Å²) in [6, 6.07) is 25.3. The number of methoxy groups -OCH3 is 1. The van der Waals surface area contributed by atoms with E-state index in [1.807, 2.05) is 78.9 Å². The topological polar surface area (TPSA) is 59.6 Å². The van der Waals surface area contributed by atoms with Crippen LogP contribution in [0.1, 0.15) is 11.1 Å². The molecule has 0 aromatic heterocycles. The zero-order valence-electron chi connectivity index (χ0n) is 16.6. The molecule has 0 heterocycles. The van der Waals surface area contributed by atoms with Gasteiger partial charge in [-0.05, 0) is 60.5 Å². The first-order chi connectivity index (χ1) is 14.2. The Balaban J connectivity index is 1.35. The SMILES string of the molecule is COc1ccc(CCNCC(=O)Nc2ccc(OCc3ccccc3)cc2)cc1. The number of carbonyl (C=O) groups is 1. The van der Waals surface area contributed by atoms with Crippen molar-refractivity contribution in [2.24, 2.45) is 0 Å². The van der Waals surface area contributed by atoms with Gasteiger partial charge in [-0.25, -0.2) is 0 Å². The van der Waals surface area contributed by atoms with Crippen molar-refractivity contribution in [3.05, 3.63) is 90.0 Å². The third kappa shape index (κ3) is 6.97. The molecule has 0 aliphatic rings. The van der Waals surface area contributed by atoms with Crippen molar-refractivity contribution in [1.82, 2.24) is 5.32 Å². The fraction of sp³-hybridized carbons (Fsp3) is 0.208. The van der Waals surface area contributed by atoms with Crippen LogP contribution in [0, 0.1) is 0 Å². The monoisotopic (exact) mass is 390 g/mol. The lowest BCUT2D eigenvalue weighted by Crippen LogP contribution is -2.29. The molecule has 0 fully saturated rings. The van der Waals surface area contributed by atoms with Crippen molar-refractivity contribution in [2.75, 3.05) is 25.5 Å². The summed E-state index contributed by atoms with van der Waals surface area (Å²) in [4.78, 5) is 12.1. The van der Waals surface area contributed by atoms with E-state index < -0.39 is 0 Å². The Hall–Kier alpha value is -3.31. The van der Waals surface area contributed by atoms with E-state index >= 15 is 0 Å². The molecule has 0 saturated carbocycles. The van der Waals surface area contributed by atoms with E-state index in [0.717, 1.165) is 35.7 Å². The number of nitrogens with one attached hydrogen (secondary N) is 2. The van der Waals surface area contributed by atoms with Gasteiger partial charge in [0.2, 0.25) is 5.91 Å². The van der Waals surface area contributed by atoms with E-state index in [2.05, 4.69) is 10.6 Å². The molecule has 0 saturated heterocycles. The zero-order chi connectivity index (χ0) is 20.3. The third-order valence-corrected chi connectivity index (χ3v) is 4.42. The molecule has 0 radical (unpaired) electrons. The number of amides is 1. The van der Waals surface area contributed by atoms with E-state index in [-0.39, 0.29) is 12.5 Å². The Morgan fingerprint density at radius 3 is 2.21 bits per heavy atom. The first-order valence-corrected chi connectivity index (χ1v) is 9.63. The molecule has 0 aliphatic carbocycles. The van der Waals surface area contributed by atoms with Crippen molar-refractivity contribution in [3.63, 3.8) is 0 Å². The number of carbonyl (C=O) groups excluding carboxylic acids is 1. The van der Waals surface area contributed by atoms with Gasteiger partial charge in [0.1, 0.15) is 18.1 Å². The second-order valence-corrected chi connectivity index (χ2v) is 6.62. The summed E-state index contributed by atoms with van der Waals surface area (Å²) in [5.74, 6) is 1.54. The van der Waals surface area contributed by atoms with Crippen LogP contribution in [0.25, 0.3) is 0 Å². The molecule has 3 aromatic carbocycles. The number of hydrogen-bond acceptors (Lipinski definition) is 4. The third-order valence-electron chi connectivity index (χ3n) is 4.42. The molecule has 3 rings (SSSR count). The maximum absolute atomic E-state index is 12.1. The summed E-state index contributed by atoms with van der Waals surface area (Å²) in [7, 11) is 1.65. The van der Waals surface area contributed by atoms with E-state index in [4.69, 9.17) is 9.47 Å². The Bertz CT molecular complexity index is 878. The van der Waals surface area contributed by atoms with Crippen molar-refractivity contribution in [3.8, 4) is 11.5 Å². The molecule has 1 amide bonds. The summed E-state index contributed by atoms with van der Waals surface area (Å²) in [6.45, 7) is 1.51. The van der Waals surface area contributed by atoms with Crippen LogP contribution in [-0.4, -0.2) is 26.1 Å². The van der Waals surface area contributed by atoms with Crippen molar-refractivity contribution < 1.29 is 14.3 Å². The molecule has 150 valence electrons. The highest BCUT2D eigenvalue weighted by atomic mass is 16.5. The fourth-order valence-electron chi connectivity index (χ4n) is 2.81. The predicted molar refractivity (Wildman–Crippen MR) is 115 cm³/mol. The second-order valence-electron chi connectivity index (χ2n) is 6.62. The Morgan fingerprint density at radius 1 is 0.828 bits per heavy atom. The molecule has 3 aromatic rings. The van der Waals surface area contributed by atoms with E-state index in [1.54, 1.807) is 7.11 Å². The normalized spacial score (nSPS) is 10.4. The molecule has 0 spiro atoms. The molecular formula is C24H26N2O3. The van der Waals surface area contributed by atoms with Crippen LogP contribution in [0.3, 0.4) is 0 Å². The Kier molecular flexibility index (Phi) is 7.66. The maximum Gasteiger partial charge on any atom is 0.238 e. The van der Waals surface area contributed by atoms with E-state index in [9.17, 15) is 4.79 Å². The predicted octanol–water partition coefficient (Wildman–Crippen LogP) is 4.05. The standard InChI is InChI=1S/C24H26N2O3/c1-28-22-11-7-19(8-12-22)15-16-25-17-24(27)26-21-9-13-23(14-10-21)29-18-20-5-3-2-4-6-20/h2-14,25H,15-18H2,1H3,(H,26,27). The highest BCUT2D eigenvalue weighted by molar-refractivity contribution is 5.92. The van der Waals surface area contributed by atoms with Crippen LogP contribution >= 0.6 is 0 Å². The summed E-state index contributed by atoms with van der Waals surface area (Å²) in [5.41, 5.74) is 3.06. The number of benzene rings is 3. The summed E-state index contributed by atoms with van der Waals surface area (Å²) < 4.78 is 10.9. The highest BCUT2D eigenvalue weighted by Gasteiger charge is 2.03. The first-order valence-electron chi connectivity index (χ1n) is 9.63. The van der Waals surface area contributed by atoms with E-state index in [0.29, 0.717) is 6.61 Å². The van der Waals surface area contributed by atoms with Gasteiger partial charge in [0.15, 0.2) is 0 Å². The number of hydrogen-bond donors (Lipinski definition) is 2. The van der Waals surface area contributed by atoms with Gasteiger partial charge >= 0.3 is 0 Å². The largest absolute Gasteiger partial charge is 0.497 e.